The lowest BCUT2D eigenvalue weighted by Crippen LogP contribution is -2.52. The van der Waals surface area contributed by atoms with Crippen LogP contribution in [0.2, 0.25) is 5.02 Å². The minimum atomic E-state index is -4.11. The predicted octanol–water partition coefficient (Wildman–Crippen LogP) is 4.79. The van der Waals surface area contributed by atoms with Gasteiger partial charge in [-0.3, -0.25) is 13.9 Å². The Labute approximate surface area is 224 Å². The van der Waals surface area contributed by atoms with Crippen LogP contribution in [0.25, 0.3) is 0 Å². The molecule has 1 N–H and O–H groups in total. The Balaban J connectivity index is 2.01. The molecule has 1 atom stereocenters. The number of sulfonamides is 1. The van der Waals surface area contributed by atoms with Crippen LogP contribution < -0.4 is 9.62 Å². The van der Waals surface area contributed by atoms with Crippen molar-refractivity contribution in [3.05, 3.63) is 95.0 Å². The van der Waals surface area contributed by atoms with Crippen LogP contribution in [-0.2, 0) is 26.2 Å². The first-order chi connectivity index (χ1) is 17.5. The number of nitrogens with zero attached hydrogens (tertiary/aromatic N) is 2. The molecule has 0 bridgehead atoms. The predicted molar refractivity (Wildman–Crippen MR) is 147 cm³/mol. The van der Waals surface area contributed by atoms with Crippen LogP contribution in [0.5, 0.6) is 0 Å². The summed E-state index contributed by atoms with van der Waals surface area (Å²) in [5, 5.41) is 3.27. The van der Waals surface area contributed by atoms with E-state index in [4.69, 9.17) is 11.6 Å². The van der Waals surface area contributed by atoms with E-state index in [0.29, 0.717) is 5.02 Å². The number of carbonyl (C=O) groups is 2. The highest BCUT2D eigenvalue weighted by molar-refractivity contribution is 7.92. The molecule has 0 radical (unpaired) electrons. The quantitative estimate of drug-likeness (QED) is 0.400. The minimum Gasteiger partial charge on any atom is -0.352 e. The van der Waals surface area contributed by atoms with E-state index in [-0.39, 0.29) is 29.1 Å². The molecular weight excluding hydrogens is 510 g/mol. The average Bonchev–Trinajstić information content (AvgIpc) is 2.86. The summed E-state index contributed by atoms with van der Waals surface area (Å²) >= 11 is 6.04. The van der Waals surface area contributed by atoms with E-state index < -0.39 is 28.5 Å². The number of carbonyl (C=O) groups excluding carboxylic acids is 2. The van der Waals surface area contributed by atoms with E-state index >= 15 is 0 Å². The van der Waals surface area contributed by atoms with Crippen LogP contribution >= 0.6 is 11.6 Å². The molecule has 3 aromatic carbocycles. The van der Waals surface area contributed by atoms with Gasteiger partial charge < -0.3 is 10.2 Å². The molecule has 0 aliphatic carbocycles. The Bertz CT molecular complexity index is 1310. The number of halogens is 1. The molecule has 0 fully saturated rings. The van der Waals surface area contributed by atoms with E-state index in [1.54, 1.807) is 43.3 Å². The largest absolute Gasteiger partial charge is 0.352 e. The number of amides is 2. The first kappa shape index (κ1) is 28.2. The third-order valence-electron chi connectivity index (χ3n) is 5.80. The first-order valence-corrected chi connectivity index (χ1v) is 13.8. The van der Waals surface area contributed by atoms with Crippen molar-refractivity contribution in [2.24, 2.45) is 0 Å². The van der Waals surface area contributed by atoms with Crippen molar-refractivity contribution in [3.8, 4) is 0 Å². The van der Waals surface area contributed by atoms with Crippen molar-refractivity contribution in [3.63, 3.8) is 0 Å². The van der Waals surface area contributed by atoms with Gasteiger partial charge in [-0.1, -0.05) is 59.6 Å². The van der Waals surface area contributed by atoms with Gasteiger partial charge in [-0.05, 0) is 69.7 Å². The van der Waals surface area contributed by atoms with Gasteiger partial charge in [-0.2, -0.15) is 0 Å². The van der Waals surface area contributed by atoms with Crippen molar-refractivity contribution < 1.29 is 18.0 Å². The molecule has 3 aromatic rings. The fourth-order valence-electron chi connectivity index (χ4n) is 3.74. The normalized spacial score (nSPS) is 12.2. The van der Waals surface area contributed by atoms with Crippen molar-refractivity contribution in [1.29, 1.82) is 0 Å². The lowest BCUT2D eigenvalue weighted by Gasteiger charge is -2.32. The molecule has 196 valence electrons. The van der Waals surface area contributed by atoms with Gasteiger partial charge in [-0.15, -0.1) is 0 Å². The number of nitrogens with one attached hydrogen (secondary N) is 1. The average molecular weight is 542 g/mol. The minimum absolute atomic E-state index is 0.0565. The number of benzene rings is 3. The van der Waals surface area contributed by atoms with Gasteiger partial charge in [0.05, 0.1) is 10.6 Å². The van der Waals surface area contributed by atoms with Gasteiger partial charge >= 0.3 is 0 Å². The summed E-state index contributed by atoms with van der Waals surface area (Å²) in [7, 11) is -4.11. The van der Waals surface area contributed by atoms with Crippen molar-refractivity contribution >= 4 is 39.1 Å². The number of aryl methyl sites for hydroxylation is 1. The fraction of sp³-hybridized carbons (Fsp3) is 0.286. The Morgan fingerprint density at radius 1 is 0.892 bits per heavy atom. The molecule has 0 saturated carbocycles. The summed E-state index contributed by atoms with van der Waals surface area (Å²) < 4.78 is 28.5. The fourth-order valence-corrected chi connectivity index (χ4v) is 5.28. The second-order valence-electron chi connectivity index (χ2n) is 9.15. The molecule has 7 nitrogen and oxygen atoms in total. The van der Waals surface area contributed by atoms with E-state index in [2.05, 4.69) is 5.32 Å². The van der Waals surface area contributed by atoms with Crippen LogP contribution in [0, 0.1) is 6.92 Å². The molecule has 0 saturated heterocycles. The molecule has 0 heterocycles. The van der Waals surface area contributed by atoms with Crippen molar-refractivity contribution in [2.45, 2.75) is 51.2 Å². The third-order valence-corrected chi connectivity index (χ3v) is 7.84. The Morgan fingerprint density at radius 3 is 2.05 bits per heavy atom. The maximum Gasteiger partial charge on any atom is 0.264 e. The van der Waals surface area contributed by atoms with Crippen LogP contribution in [0.15, 0.2) is 83.8 Å². The second kappa shape index (κ2) is 12.3. The maximum absolute atomic E-state index is 13.8. The monoisotopic (exact) mass is 541 g/mol. The molecule has 37 heavy (non-hydrogen) atoms. The van der Waals surface area contributed by atoms with Gasteiger partial charge in [0, 0.05) is 17.6 Å². The van der Waals surface area contributed by atoms with Crippen LogP contribution in [-0.4, -0.2) is 43.8 Å². The number of hydrogen-bond donors (Lipinski definition) is 1. The highest BCUT2D eigenvalue weighted by Crippen LogP contribution is 2.26. The van der Waals surface area contributed by atoms with E-state index in [9.17, 15) is 18.0 Å². The Kier molecular flexibility index (Phi) is 9.34. The van der Waals surface area contributed by atoms with Crippen LogP contribution in [0.4, 0.5) is 5.69 Å². The van der Waals surface area contributed by atoms with E-state index in [0.717, 1.165) is 15.4 Å². The van der Waals surface area contributed by atoms with Gasteiger partial charge in [0.1, 0.15) is 12.6 Å². The maximum atomic E-state index is 13.8. The molecule has 2 amide bonds. The van der Waals surface area contributed by atoms with Gasteiger partial charge in [-0.25, -0.2) is 8.42 Å². The lowest BCUT2D eigenvalue weighted by atomic mass is 10.1. The smallest absolute Gasteiger partial charge is 0.264 e. The zero-order valence-electron chi connectivity index (χ0n) is 21.4. The van der Waals surface area contributed by atoms with Crippen LogP contribution in [0.1, 0.15) is 31.9 Å². The van der Waals surface area contributed by atoms with Gasteiger partial charge in [0.2, 0.25) is 11.8 Å². The third kappa shape index (κ3) is 7.33. The van der Waals surface area contributed by atoms with E-state index in [1.807, 2.05) is 51.1 Å². The molecule has 0 spiro atoms. The zero-order valence-corrected chi connectivity index (χ0v) is 23.0. The second-order valence-corrected chi connectivity index (χ2v) is 11.4. The molecule has 9 heteroatoms. The molecule has 0 unspecified atom stereocenters. The highest BCUT2D eigenvalue weighted by atomic mass is 35.5. The topological polar surface area (TPSA) is 86.8 Å². The van der Waals surface area contributed by atoms with Gasteiger partial charge in [0.15, 0.2) is 0 Å². The Hall–Kier alpha value is -3.36. The number of hydrogen-bond acceptors (Lipinski definition) is 4. The van der Waals surface area contributed by atoms with Crippen molar-refractivity contribution in [2.75, 3.05) is 10.8 Å². The summed E-state index contributed by atoms with van der Waals surface area (Å²) in [5.74, 6) is -0.834. The molecule has 0 aliphatic heterocycles. The molecule has 0 aliphatic rings. The van der Waals surface area contributed by atoms with Gasteiger partial charge in [0.25, 0.3) is 10.0 Å². The summed E-state index contributed by atoms with van der Waals surface area (Å²) in [5.41, 5.74) is 2.02. The standard InChI is InChI=1S/C28H32ClN3O4S/c1-20(2)30-28(34)22(4)31(18-23-8-6-5-7-9-23)27(33)19-32(25-14-12-24(29)13-15-25)37(35,36)26-16-10-21(3)11-17-26/h5-17,20,22H,18-19H2,1-4H3,(H,30,34)/t22-/m0/s1. The molecule has 0 aromatic heterocycles. The SMILES string of the molecule is Cc1ccc(S(=O)(=O)N(CC(=O)N(Cc2ccccc2)[C@@H](C)C(=O)NC(C)C)c2ccc(Cl)cc2)cc1. The first-order valence-electron chi connectivity index (χ1n) is 12.0. The highest BCUT2D eigenvalue weighted by Gasteiger charge is 2.32. The Morgan fingerprint density at radius 2 is 1.49 bits per heavy atom. The molecule has 3 rings (SSSR count). The molecular formula is C28H32ClN3O4S. The zero-order chi connectivity index (χ0) is 27.2. The number of anilines is 1. The number of rotatable bonds is 10. The summed E-state index contributed by atoms with van der Waals surface area (Å²) in [6.45, 7) is 6.83. The summed E-state index contributed by atoms with van der Waals surface area (Å²) in [6, 6.07) is 21.0. The van der Waals surface area contributed by atoms with Crippen molar-refractivity contribution in [1.82, 2.24) is 10.2 Å². The summed E-state index contributed by atoms with van der Waals surface area (Å²) in [6.07, 6.45) is 0. The van der Waals surface area contributed by atoms with E-state index in [1.165, 1.54) is 17.0 Å². The van der Waals surface area contributed by atoms with Crippen LogP contribution in [0.3, 0.4) is 0 Å². The lowest BCUT2D eigenvalue weighted by molar-refractivity contribution is -0.139. The summed E-state index contributed by atoms with van der Waals surface area (Å²) in [4.78, 5) is 28.1.